The fourth-order valence-corrected chi connectivity index (χ4v) is 5.88. The fourth-order valence-electron chi connectivity index (χ4n) is 5.31. The average Bonchev–Trinajstić information content (AvgIpc) is 3.27. The Labute approximate surface area is 205 Å². The number of rotatable bonds is 4. The van der Waals surface area contributed by atoms with E-state index in [0.29, 0.717) is 16.0 Å². The lowest BCUT2D eigenvalue weighted by Crippen LogP contribution is -2.50. The number of hydrogen-bond acceptors (Lipinski definition) is 3. The maximum atomic E-state index is 12.9. The molecule has 2 atom stereocenters. The van der Waals surface area contributed by atoms with E-state index in [1.165, 1.54) is 12.0 Å². The van der Waals surface area contributed by atoms with Gasteiger partial charge in [-0.2, -0.15) is 0 Å². The number of nitrogens with zero attached hydrogens (tertiary/aromatic N) is 3. The van der Waals surface area contributed by atoms with Gasteiger partial charge in [-0.15, -0.1) is 0 Å². The van der Waals surface area contributed by atoms with Crippen LogP contribution in [0.4, 0.5) is 0 Å². The summed E-state index contributed by atoms with van der Waals surface area (Å²) in [5, 5.41) is 4.70. The summed E-state index contributed by atoms with van der Waals surface area (Å²) in [4.78, 5) is 19.6. The Kier molecular flexibility index (Phi) is 6.64. The van der Waals surface area contributed by atoms with E-state index in [1.54, 1.807) is 6.07 Å². The zero-order chi connectivity index (χ0) is 22.9. The predicted octanol–water partition coefficient (Wildman–Crippen LogP) is 5.80. The van der Waals surface area contributed by atoms with E-state index in [2.05, 4.69) is 44.9 Å². The van der Waals surface area contributed by atoms with Gasteiger partial charge in [0, 0.05) is 23.1 Å². The molecule has 3 heterocycles. The van der Waals surface area contributed by atoms with Crippen molar-refractivity contribution in [2.45, 2.75) is 57.0 Å². The summed E-state index contributed by atoms with van der Waals surface area (Å²) >= 11 is 12.6. The van der Waals surface area contributed by atoms with Gasteiger partial charge in [-0.3, -0.25) is 4.79 Å². The van der Waals surface area contributed by atoms with Gasteiger partial charge >= 0.3 is 0 Å². The van der Waals surface area contributed by atoms with Crippen LogP contribution < -0.4 is 5.32 Å². The van der Waals surface area contributed by atoms with Crippen molar-refractivity contribution in [1.29, 1.82) is 0 Å². The van der Waals surface area contributed by atoms with Crippen LogP contribution in [-0.2, 0) is 4.79 Å². The minimum atomic E-state index is 0.0159. The van der Waals surface area contributed by atoms with Crippen LogP contribution in [0.25, 0.3) is 11.0 Å². The molecule has 0 spiro atoms. The van der Waals surface area contributed by atoms with Crippen molar-refractivity contribution in [2.75, 3.05) is 19.6 Å². The molecule has 0 radical (unpaired) electrons. The molecule has 1 aromatic heterocycles. The van der Waals surface area contributed by atoms with Crippen molar-refractivity contribution in [1.82, 2.24) is 19.8 Å². The van der Waals surface area contributed by atoms with E-state index < -0.39 is 0 Å². The first-order chi connectivity index (χ1) is 16.0. The monoisotopic (exact) mass is 484 g/mol. The molecule has 5 nitrogen and oxygen atoms in total. The van der Waals surface area contributed by atoms with E-state index in [0.717, 1.165) is 61.9 Å². The quantitative estimate of drug-likeness (QED) is 0.508. The Balaban J connectivity index is 1.32. The van der Waals surface area contributed by atoms with Gasteiger partial charge < -0.3 is 14.8 Å². The van der Waals surface area contributed by atoms with Gasteiger partial charge in [0.1, 0.15) is 0 Å². The lowest BCUT2D eigenvalue weighted by Gasteiger charge is -2.35. The van der Waals surface area contributed by atoms with Crippen LogP contribution in [0.3, 0.4) is 0 Å². The third kappa shape index (κ3) is 4.64. The first-order valence-corrected chi connectivity index (χ1v) is 12.7. The predicted molar refractivity (Wildman–Crippen MR) is 134 cm³/mol. The summed E-state index contributed by atoms with van der Waals surface area (Å²) in [6.07, 6.45) is 7.17. The number of halogens is 2. The number of benzene rings is 2. The molecule has 5 rings (SSSR count). The molecular formula is C26H30Cl2N4O. The number of imidazole rings is 1. The molecule has 2 fully saturated rings. The second kappa shape index (κ2) is 9.65. The van der Waals surface area contributed by atoms with Crippen molar-refractivity contribution in [2.24, 2.45) is 0 Å². The minimum Gasteiger partial charge on any atom is -0.341 e. The smallest absolute Gasteiger partial charge is 0.239 e. The lowest BCUT2D eigenvalue weighted by atomic mass is 9.88. The summed E-state index contributed by atoms with van der Waals surface area (Å²) < 4.78 is 2.18. The average molecular weight is 485 g/mol. The lowest BCUT2D eigenvalue weighted by molar-refractivity contribution is -0.135. The molecule has 2 saturated heterocycles. The normalized spacial score (nSPS) is 20.8. The summed E-state index contributed by atoms with van der Waals surface area (Å²) in [5.74, 6) is 0.742. The maximum Gasteiger partial charge on any atom is 0.239 e. The Morgan fingerprint density at radius 1 is 1.09 bits per heavy atom. The maximum absolute atomic E-state index is 12.9. The van der Waals surface area contributed by atoms with E-state index >= 15 is 0 Å². The highest BCUT2D eigenvalue weighted by atomic mass is 35.5. The van der Waals surface area contributed by atoms with Crippen LogP contribution in [0.15, 0.2) is 42.7 Å². The molecule has 2 aliphatic rings. The molecule has 7 heteroatoms. The van der Waals surface area contributed by atoms with Gasteiger partial charge in [-0.25, -0.2) is 4.98 Å². The van der Waals surface area contributed by atoms with E-state index in [-0.39, 0.29) is 18.0 Å². The number of hydrogen-bond donors (Lipinski definition) is 1. The molecule has 1 unspecified atom stereocenters. The zero-order valence-electron chi connectivity index (χ0n) is 18.9. The molecule has 3 aromatic rings. The first-order valence-electron chi connectivity index (χ1n) is 11.9. The van der Waals surface area contributed by atoms with Crippen LogP contribution in [-0.4, -0.2) is 46.0 Å². The molecule has 1 N–H and O–H groups in total. The Hall–Kier alpha value is -2.08. The third-order valence-electron chi connectivity index (χ3n) is 7.32. The number of nitrogens with one attached hydrogen (secondary N) is 1. The second-order valence-corrected chi connectivity index (χ2v) is 10.2. The van der Waals surface area contributed by atoms with Crippen LogP contribution in [0, 0.1) is 0 Å². The van der Waals surface area contributed by atoms with Crippen molar-refractivity contribution in [3.8, 4) is 0 Å². The van der Waals surface area contributed by atoms with Crippen LogP contribution in [0.5, 0.6) is 0 Å². The van der Waals surface area contributed by atoms with Gasteiger partial charge in [0.2, 0.25) is 5.91 Å². The van der Waals surface area contributed by atoms with Crippen LogP contribution >= 0.6 is 23.2 Å². The minimum absolute atomic E-state index is 0.0159. The molecule has 0 saturated carbocycles. The number of carbonyl (C=O) groups is 1. The third-order valence-corrected chi connectivity index (χ3v) is 7.88. The highest BCUT2D eigenvalue weighted by molar-refractivity contribution is 6.35. The Morgan fingerprint density at radius 3 is 2.64 bits per heavy atom. The fraction of sp³-hybridized carbons (Fsp3) is 0.462. The SMILES string of the molecule is CC(c1ccc(Cl)cc1Cl)n1cnc2ccc(C3CCN(C(=O)[C@H]4CCCCN4)CC3)cc21. The largest absolute Gasteiger partial charge is 0.341 e. The summed E-state index contributed by atoms with van der Waals surface area (Å²) in [5.41, 5.74) is 4.43. The molecule has 33 heavy (non-hydrogen) atoms. The van der Waals surface area contributed by atoms with Gasteiger partial charge in [0.15, 0.2) is 0 Å². The first kappa shape index (κ1) is 22.7. The van der Waals surface area contributed by atoms with Gasteiger partial charge in [0.25, 0.3) is 0 Å². The summed E-state index contributed by atoms with van der Waals surface area (Å²) in [6, 6.07) is 12.3. The Morgan fingerprint density at radius 2 is 1.91 bits per heavy atom. The number of likely N-dealkylation sites (tertiary alicyclic amines) is 1. The van der Waals surface area contributed by atoms with Crippen molar-refractivity contribution >= 4 is 40.1 Å². The van der Waals surface area contributed by atoms with Crippen molar-refractivity contribution in [3.63, 3.8) is 0 Å². The summed E-state index contributed by atoms with van der Waals surface area (Å²) in [7, 11) is 0. The van der Waals surface area contributed by atoms with Gasteiger partial charge in [0.05, 0.1) is 29.4 Å². The van der Waals surface area contributed by atoms with E-state index in [4.69, 9.17) is 23.2 Å². The number of fused-ring (bicyclic) bond motifs is 1. The summed E-state index contributed by atoms with van der Waals surface area (Å²) in [6.45, 7) is 4.75. The van der Waals surface area contributed by atoms with Gasteiger partial charge in [-0.05, 0) is 80.5 Å². The topological polar surface area (TPSA) is 50.2 Å². The number of amides is 1. The zero-order valence-corrected chi connectivity index (χ0v) is 20.4. The second-order valence-electron chi connectivity index (χ2n) is 9.34. The molecule has 2 aromatic carbocycles. The van der Waals surface area contributed by atoms with Crippen LogP contribution in [0.2, 0.25) is 10.0 Å². The van der Waals surface area contributed by atoms with Crippen LogP contribution in [0.1, 0.15) is 62.1 Å². The van der Waals surface area contributed by atoms with Crippen molar-refractivity contribution in [3.05, 3.63) is 63.9 Å². The highest BCUT2D eigenvalue weighted by Crippen LogP contribution is 2.34. The highest BCUT2D eigenvalue weighted by Gasteiger charge is 2.29. The molecule has 1 amide bonds. The number of piperidine rings is 2. The molecule has 0 bridgehead atoms. The Bertz CT molecular complexity index is 1150. The number of aromatic nitrogens is 2. The molecular weight excluding hydrogens is 455 g/mol. The van der Waals surface area contributed by atoms with Crippen molar-refractivity contribution < 1.29 is 4.79 Å². The van der Waals surface area contributed by atoms with Gasteiger partial charge in [-0.1, -0.05) is 41.8 Å². The van der Waals surface area contributed by atoms with E-state index in [1.807, 2.05) is 18.5 Å². The number of carbonyl (C=O) groups excluding carboxylic acids is 1. The molecule has 0 aliphatic carbocycles. The molecule has 174 valence electrons. The molecule has 2 aliphatic heterocycles. The van der Waals surface area contributed by atoms with E-state index in [9.17, 15) is 4.79 Å². The standard InChI is InChI=1S/C26H30Cl2N4O/c1-17(21-7-6-20(27)15-22(21)28)32-16-30-23-8-5-19(14-25(23)32)18-9-12-31(13-10-18)26(33)24-4-2-3-11-29-24/h5-8,14-18,24,29H,2-4,9-13H2,1H3/t17?,24-/m1/s1.